The van der Waals surface area contributed by atoms with Crippen LogP contribution in [0.5, 0.6) is 5.75 Å². The molecular weight excluding hydrogens is 330 g/mol. The number of ether oxygens (including phenoxy) is 1. The lowest BCUT2D eigenvalue weighted by atomic mass is 9.87. The molecule has 0 bridgehead atoms. The predicted octanol–water partition coefficient (Wildman–Crippen LogP) is 2.26. The van der Waals surface area contributed by atoms with Crippen molar-refractivity contribution in [2.75, 3.05) is 26.2 Å². The number of hydrogen-bond donors (Lipinski definition) is 3. The summed E-state index contributed by atoms with van der Waals surface area (Å²) in [6, 6.07) is 7.69. The van der Waals surface area contributed by atoms with E-state index in [4.69, 9.17) is 4.74 Å². The first-order chi connectivity index (χ1) is 12.4. The number of aliphatic hydroxyl groups is 3. The summed E-state index contributed by atoms with van der Waals surface area (Å²) >= 11 is 0. The molecule has 5 nitrogen and oxygen atoms in total. The van der Waals surface area contributed by atoms with Crippen LogP contribution in [0.1, 0.15) is 50.5 Å². The standard InChI is InChI=1S/C21H33NO4/c1-17-7-6-8-18(13-17)26-16-21(25)15-22(12-9-19(21)23)14-20(24)10-4-2-3-5-11-20/h6-8,13,19,23-25H,2-5,9-12,14-16H2,1H3/t19-,21-/m0/s1. The lowest BCUT2D eigenvalue weighted by Crippen LogP contribution is -2.61. The zero-order valence-electron chi connectivity index (χ0n) is 15.9. The van der Waals surface area contributed by atoms with E-state index in [1.54, 1.807) is 0 Å². The Kier molecular flexibility index (Phi) is 6.23. The van der Waals surface area contributed by atoms with Gasteiger partial charge in [0.2, 0.25) is 0 Å². The minimum Gasteiger partial charge on any atom is -0.490 e. The van der Waals surface area contributed by atoms with Crippen molar-refractivity contribution >= 4 is 0 Å². The average molecular weight is 363 g/mol. The molecule has 2 fully saturated rings. The molecule has 1 saturated carbocycles. The van der Waals surface area contributed by atoms with Crippen LogP contribution in [0.4, 0.5) is 0 Å². The molecular formula is C21H33NO4. The summed E-state index contributed by atoms with van der Waals surface area (Å²) in [7, 11) is 0. The van der Waals surface area contributed by atoms with E-state index in [-0.39, 0.29) is 6.61 Å². The van der Waals surface area contributed by atoms with Gasteiger partial charge in [0.25, 0.3) is 0 Å². The molecule has 0 amide bonds. The highest BCUT2D eigenvalue weighted by molar-refractivity contribution is 5.27. The van der Waals surface area contributed by atoms with Gasteiger partial charge in [-0.05, 0) is 43.9 Å². The Labute approximate surface area is 156 Å². The highest BCUT2D eigenvalue weighted by atomic mass is 16.5. The van der Waals surface area contributed by atoms with Gasteiger partial charge in [0, 0.05) is 19.6 Å². The summed E-state index contributed by atoms with van der Waals surface area (Å²) < 4.78 is 5.78. The summed E-state index contributed by atoms with van der Waals surface area (Å²) in [5, 5.41) is 32.3. The molecule has 5 heteroatoms. The fourth-order valence-corrected chi connectivity index (χ4v) is 4.30. The Balaban J connectivity index is 1.61. The van der Waals surface area contributed by atoms with Crippen molar-refractivity contribution in [3.8, 4) is 5.75 Å². The first-order valence-corrected chi connectivity index (χ1v) is 9.93. The van der Waals surface area contributed by atoms with Crippen molar-refractivity contribution in [1.82, 2.24) is 4.90 Å². The quantitative estimate of drug-likeness (QED) is 0.700. The van der Waals surface area contributed by atoms with Gasteiger partial charge < -0.3 is 20.1 Å². The summed E-state index contributed by atoms with van der Waals surface area (Å²) in [6.07, 6.45) is 5.83. The maximum Gasteiger partial charge on any atom is 0.137 e. The molecule has 26 heavy (non-hydrogen) atoms. The zero-order chi connectivity index (χ0) is 18.6. The molecule has 3 N–H and O–H groups in total. The van der Waals surface area contributed by atoms with Gasteiger partial charge in [0.1, 0.15) is 18.0 Å². The van der Waals surface area contributed by atoms with Crippen LogP contribution in [0.15, 0.2) is 24.3 Å². The molecule has 146 valence electrons. The molecule has 0 aromatic heterocycles. The number of likely N-dealkylation sites (tertiary alicyclic amines) is 1. The largest absolute Gasteiger partial charge is 0.490 e. The lowest BCUT2D eigenvalue weighted by molar-refractivity contribution is -0.148. The maximum atomic E-state index is 11.0. The summed E-state index contributed by atoms with van der Waals surface area (Å²) in [5.74, 6) is 0.699. The molecule has 1 aliphatic carbocycles. The number of piperidine rings is 1. The summed E-state index contributed by atoms with van der Waals surface area (Å²) in [5.41, 5.74) is -0.893. The molecule has 0 radical (unpaired) electrons. The van der Waals surface area contributed by atoms with E-state index in [0.717, 1.165) is 31.2 Å². The third kappa shape index (κ3) is 4.97. The van der Waals surface area contributed by atoms with Crippen LogP contribution in [0.2, 0.25) is 0 Å². The number of benzene rings is 1. The molecule has 1 aromatic carbocycles. The molecule has 1 aliphatic heterocycles. The number of hydrogen-bond acceptors (Lipinski definition) is 5. The second-order valence-electron chi connectivity index (χ2n) is 8.36. The number of β-amino-alcohol motifs (C(OH)–C–C–N with tert-alkyl or cyclic N) is 2. The second kappa shape index (κ2) is 8.26. The Morgan fingerprint density at radius 2 is 1.88 bits per heavy atom. The van der Waals surface area contributed by atoms with Crippen LogP contribution >= 0.6 is 0 Å². The topological polar surface area (TPSA) is 73.2 Å². The van der Waals surface area contributed by atoms with E-state index in [2.05, 4.69) is 4.90 Å². The van der Waals surface area contributed by atoms with Gasteiger partial charge in [-0.3, -0.25) is 4.90 Å². The smallest absolute Gasteiger partial charge is 0.137 e. The summed E-state index contributed by atoms with van der Waals surface area (Å²) in [6.45, 7) is 3.61. The second-order valence-corrected chi connectivity index (χ2v) is 8.36. The van der Waals surface area contributed by atoms with Gasteiger partial charge in [-0.1, -0.05) is 37.8 Å². The van der Waals surface area contributed by atoms with E-state index >= 15 is 0 Å². The van der Waals surface area contributed by atoms with Crippen molar-refractivity contribution < 1.29 is 20.1 Å². The van der Waals surface area contributed by atoms with E-state index in [9.17, 15) is 15.3 Å². The van der Waals surface area contributed by atoms with Gasteiger partial charge in [0.05, 0.1) is 11.7 Å². The number of nitrogens with zero attached hydrogens (tertiary/aromatic N) is 1. The minimum absolute atomic E-state index is 0.0482. The number of rotatable bonds is 5. The van der Waals surface area contributed by atoms with Crippen LogP contribution < -0.4 is 4.74 Å². The van der Waals surface area contributed by atoms with E-state index < -0.39 is 17.3 Å². The highest BCUT2D eigenvalue weighted by Gasteiger charge is 2.43. The minimum atomic E-state index is -1.32. The maximum absolute atomic E-state index is 11.0. The Morgan fingerprint density at radius 1 is 1.15 bits per heavy atom. The van der Waals surface area contributed by atoms with E-state index in [0.29, 0.717) is 31.8 Å². The molecule has 3 rings (SSSR count). The fourth-order valence-electron chi connectivity index (χ4n) is 4.30. The van der Waals surface area contributed by atoms with E-state index in [1.165, 1.54) is 12.8 Å². The van der Waals surface area contributed by atoms with Crippen molar-refractivity contribution in [3.63, 3.8) is 0 Å². The van der Waals surface area contributed by atoms with Crippen LogP contribution in [0, 0.1) is 6.92 Å². The summed E-state index contributed by atoms with van der Waals surface area (Å²) in [4.78, 5) is 2.09. The molecule has 0 spiro atoms. The lowest BCUT2D eigenvalue weighted by Gasteiger charge is -2.44. The fraction of sp³-hybridized carbons (Fsp3) is 0.714. The molecule has 2 atom stereocenters. The van der Waals surface area contributed by atoms with Gasteiger partial charge in [-0.2, -0.15) is 0 Å². The Morgan fingerprint density at radius 3 is 2.58 bits per heavy atom. The van der Waals surface area contributed by atoms with Gasteiger partial charge in [0.15, 0.2) is 0 Å². The zero-order valence-corrected chi connectivity index (χ0v) is 15.9. The van der Waals surface area contributed by atoms with E-state index in [1.807, 2.05) is 31.2 Å². The van der Waals surface area contributed by atoms with Gasteiger partial charge in [-0.15, -0.1) is 0 Å². The van der Waals surface area contributed by atoms with Crippen molar-refractivity contribution in [1.29, 1.82) is 0 Å². The molecule has 1 aromatic rings. The number of aryl methyl sites for hydroxylation is 1. The molecule has 1 heterocycles. The average Bonchev–Trinajstić information content (AvgIpc) is 2.81. The van der Waals surface area contributed by atoms with Crippen LogP contribution in [0.3, 0.4) is 0 Å². The predicted molar refractivity (Wildman–Crippen MR) is 101 cm³/mol. The third-order valence-corrected chi connectivity index (χ3v) is 5.87. The van der Waals surface area contributed by atoms with Gasteiger partial charge >= 0.3 is 0 Å². The normalized spacial score (nSPS) is 29.9. The van der Waals surface area contributed by atoms with Crippen molar-refractivity contribution in [3.05, 3.63) is 29.8 Å². The van der Waals surface area contributed by atoms with Crippen molar-refractivity contribution in [2.45, 2.75) is 69.2 Å². The Hall–Kier alpha value is -1.14. The van der Waals surface area contributed by atoms with Crippen LogP contribution in [-0.2, 0) is 0 Å². The molecule has 2 aliphatic rings. The van der Waals surface area contributed by atoms with Crippen LogP contribution in [-0.4, -0.2) is 63.8 Å². The van der Waals surface area contributed by atoms with Crippen LogP contribution in [0.25, 0.3) is 0 Å². The van der Waals surface area contributed by atoms with Crippen molar-refractivity contribution in [2.24, 2.45) is 0 Å². The molecule has 1 saturated heterocycles. The monoisotopic (exact) mass is 363 g/mol. The molecule has 0 unspecified atom stereocenters. The Bertz CT molecular complexity index is 585. The third-order valence-electron chi connectivity index (χ3n) is 5.87. The first-order valence-electron chi connectivity index (χ1n) is 9.93. The highest BCUT2D eigenvalue weighted by Crippen LogP contribution is 2.30. The first kappa shape index (κ1) is 19.6. The SMILES string of the molecule is Cc1cccc(OC[C@@]2(O)CN(CC3(O)CCCCCC3)CC[C@@H]2O)c1. The number of aliphatic hydroxyl groups excluding tert-OH is 1. The van der Waals surface area contributed by atoms with Gasteiger partial charge in [-0.25, -0.2) is 0 Å².